The maximum absolute atomic E-state index is 3.71. The molecular formula is C12H13BrS. The van der Waals surface area contributed by atoms with E-state index in [0.29, 0.717) is 0 Å². The number of rotatable bonds is 2. The van der Waals surface area contributed by atoms with Gasteiger partial charge in [0.15, 0.2) is 0 Å². The number of fused-ring (bicyclic) bond motifs is 1. The summed E-state index contributed by atoms with van der Waals surface area (Å²) in [4.78, 5) is 0. The highest BCUT2D eigenvalue weighted by Gasteiger charge is 2.09. The van der Waals surface area contributed by atoms with Crippen LogP contribution < -0.4 is 0 Å². The zero-order valence-corrected chi connectivity index (χ0v) is 10.8. The number of halogens is 1. The molecule has 1 aromatic carbocycles. The summed E-state index contributed by atoms with van der Waals surface area (Å²) >= 11 is 5.55. The molecule has 0 fully saturated rings. The van der Waals surface area contributed by atoms with Gasteiger partial charge in [0.1, 0.15) is 0 Å². The monoisotopic (exact) mass is 268 g/mol. The molecule has 0 aliphatic heterocycles. The predicted molar refractivity (Wildman–Crippen MR) is 68.3 cm³/mol. The Labute approximate surface area is 97.1 Å². The first kappa shape index (κ1) is 10.2. The molecule has 0 atom stereocenters. The van der Waals surface area contributed by atoms with Gasteiger partial charge in [-0.3, -0.25) is 0 Å². The van der Waals surface area contributed by atoms with E-state index in [9.17, 15) is 0 Å². The number of benzene rings is 1. The Balaban J connectivity index is 2.80. The Morgan fingerprint density at radius 3 is 2.71 bits per heavy atom. The number of thiophene rings is 1. The Kier molecular flexibility index (Phi) is 2.93. The quantitative estimate of drug-likeness (QED) is 0.735. The fourth-order valence-electron chi connectivity index (χ4n) is 1.82. The molecule has 0 aliphatic rings. The van der Waals surface area contributed by atoms with Gasteiger partial charge in [0.2, 0.25) is 0 Å². The van der Waals surface area contributed by atoms with Crippen LogP contribution in [0.4, 0.5) is 0 Å². The van der Waals surface area contributed by atoms with Gasteiger partial charge in [0.25, 0.3) is 0 Å². The van der Waals surface area contributed by atoms with Crippen LogP contribution in [0.5, 0.6) is 0 Å². The van der Waals surface area contributed by atoms with Crippen LogP contribution in [-0.2, 0) is 12.8 Å². The molecule has 74 valence electrons. The lowest BCUT2D eigenvalue weighted by atomic mass is 10.0. The largest absolute Gasteiger partial charge is 0.144 e. The molecule has 0 amide bonds. The lowest BCUT2D eigenvalue weighted by molar-refractivity contribution is 1.09. The minimum atomic E-state index is 1.10. The van der Waals surface area contributed by atoms with Gasteiger partial charge in [0.05, 0.1) is 0 Å². The van der Waals surface area contributed by atoms with Crippen molar-refractivity contribution in [3.05, 3.63) is 33.1 Å². The van der Waals surface area contributed by atoms with E-state index >= 15 is 0 Å². The van der Waals surface area contributed by atoms with E-state index in [2.05, 4.69) is 47.3 Å². The second-order valence-electron chi connectivity index (χ2n) is 3.37. The van der Waals surface area contributed by atoms with Gasteiger partial charge in [-0.1, -0.05) is 29.8 Å². The molecule has 0 nitrogen and oxygen atoms in total. The highest BCUT2D eigenvalue weighted by molar-refractivity contribution is 9.10. The third-order valence-corrected chi connectivity index (χ3v) is 4.46. The Hall–Kier alpha value is -0.340. The van der Waals surface area contributed by atoms with Crippen molar-refractivity contribution < 1.29 is 0 Å². The average molecular weight is 269 g/mol. The van der Waals surface area contributed by atoms with Gasteiger partial charge in [-0.05, 0) is 46.9 Å². The summed E-state index contributed by atoms with van der Waals surface area (Å²) in [6, 6.07) is 4.53. The normalized spacial score (nSPS) is 11.1. The van der Waals surface area contributed by atoms with Gasteiger partial charge < -0.3 is 0 Å². The molecule has 0 spiro atoms. The molecule has 0 N–H and O–H groups in total. The van der Waals surface area contributed by atoms with Crippen LogP contribution in [0.3, 0.4) is 0 Å². The molecule has 0 bridgehead atoms. The zero-order chi connectivity index (χ0) is 10.1. The first-order valence-electron chi connectivity index (χ1n) is 4.95. The van der Waals surface area contributed by atoms with Gasteiger partial charge >= 0.3 is 0 Å². The van der Waals surface area contributed by atoms with Crippen LogP contribution in [0.15, 0.2) is 22.0 Å². The molecule has 2 aromatic rings. The third-order valence-electron chi connectivity index (χ3n) is 2.61. The van der Waals surface area contributed by atoms with Crippen LogP contribution >= 0.6 is 27.3 Å². The standard InChI is InChI=1S/C12H13BrS/c1-3-8-7-11-10(5-6-14-11)9(4-2)12(8)13/h5-7H,3-4H2,1-2H3. The van der Waals surface area contributed by atoms with Crippen molar-refractivity contribution >= 4 is 37.4 Å². The van der Waals surface area contributed by atoms with E-state index < -0.39 is 0 Å². The van der Waals surface area contributed by atoms with Gasteiger partial charge in [-0.15, -0.1) is 11.3 Å². The van der Waals surface area contributed by atoms with Gasteiger partial charge in [0, 0.05) is 9.17 Å². The number of hydrogen-bond donors (Lipinski definition) is 0. The molecular weight excluding hydrogens is 256 g/mol. The maximum Gasteiger partial charge on any atom is 0.0349 e. The summed E-state index contributed by atoms with van der Waals surface area (Å²) in [5, 5.41) is 3.59. The van der Waals surface area contributed by atoms with Crippen molar-refractivity contribution in [3.8, 4) is 0 Å². The molecule has 0 unspecified atom stereocenters. The second-order valence-corrected chi connectivity index (χ2v) is 5.11. The highest BCUT2D eigenvalue weighted by Crippen LogP contribution is 2.33. The minimum Gasteiger partial charge on any atom is -0.144 e. The Bertz CT molecular complexity index is 457. The van der Waals surface area contributed by atoms with E-state index in [1.807, 2.05) is 11.3 Å². The molecule has 2 rings (SSSR count). The van der Waals surface area contributed by atoms with E-state index in [1.165, 1.54) is 25.7 Å². The van der Waals surface area contributed by atoms with E-state index in [4.69, 9.17) is 0 Å². The predicted octanol–water partition coefficient (Wildman–Crippen LogP) is 4.79. The van der Waals surface area contributed by atoms with Gasteiger partial charge in [-0.25, -0.2) is 0 Å². The number of hydrogen-bond acceptors (Lipinski definition) is 1. The molecule has 1 aromatic heterocycles. The molecule has 2 heteroatoms. The second kappa shape index (κ2) is 4.03. The van der Waals surface area contributed by atoms with E-state index in [0.717, 1.165) is 12.8 Å². The first-order valence-corrected chi connectivity index (χ1v) is 6.62. The summed E-state index contributed by atoms with van der Waals surface area (Å²) in [6.07, 6.45) is 2.20. The lowest BCUT2D eigenvalue weighted by Gasteiger charge is -2.08. The molecule has 0 saturated carbocycles. The van der Waals surface area contributed by atoms with Crippen LogP contribution in [0.25, 0.3) is 10.1 Å². The fourth-order valence-corrected chi connectivity index (χ4v) is 3.59. The van der Waals surface area contributed by atoms with E-state index in [1.54, 1.807) is 0 Å². The van der Waals surface area contributed by atoms with Crippen molar-refractivity contribution in [3.63, 3.8) is 0 Å². The number of aryl methyl sites for hydroxylation is 2. The molecule has 14 heavy (non-hydrogen) atoms. The summed E-state index contributed by atoms with van der Waals surface area (Å²) in [5.74, 6) is 0. The van der Waals surface area contributed by atoms with Crippen LogP contribution in [0.1, 0.15) is 25.0 Å². The molecule has 0 radical (unpaired) electrons. The van der Waals surface area contributed by atoms with Crippen molar-refractivity contribution in [2.24, 2.45) is 0 Å². The maximum atomic E-state index is 3.71. The SMILES string of the molecule is CCc1cc2sccc2c(CC)c1Br. The smallest absolute Gasteiger partial charge is 0.0349 e. The van der Waals surface area contributed by atoms with E-state index in [-0.39, 0.29) is 0 Å². The molecule has 0 aliphatic carbocycles. The van der Waals surface area contributed by atoms with Crippen LogP contribution in [-0.4, -0.2) is 0 Å². The highest BCUT2D eigenvalue weighted by atomic mass is 79.9. The Morgan fingerprint density at radius 2 is 2.07 bits per heavy atom. The van der Waals surface area contributed by atoms with Gasteiger partial charge in [-0.2, -0.15) is 0 Å². The summed E-state index contributed by atoms with van der Waals surface area (Å²) in [5.41, 5.74) is 2.89. The summed E-state index contributed by atoms with van der Waals surface area (Å²) in [6.45, 7) is 4.43. The molecule has 1 heterocycles. The third kappa shape index (κ3) is 1.51. The van der Waals surface area contributed by atoms with Crippen molar-refractivity contribution in [2.45, 2.75) is 26.7 Å². The first-order chi connectivity index (χ1) is 6.77. The zero-order valence-electron chi connectivity index (χ0n) is 8.43. The summed E-state index contributed by atoms with van der Waals surface area (Å²) < 4.78 is 2.73. The van der Waals surface area contributed by atoms with Crippen LogP contribution in [0, 0.1) is 0 Å². The average Bonchev–Trinajstić information content (AvgIpc) is 2.64. The Morgan fingerprint density at radius 1 is 1.29 bits per heavy atom. The van der Waals surface area contributed by atoms with Crippen LogP contribution in [0.2, 0.25) is 0 Å². The van der Waals surface area contributed by atoms with Crippen molar-refractivity contribution in [1.29, 1.82) is 0 Å². The van der Waals surface area contributed by atoms with Crippen molar-refractivity contribution in [1.82, 2.24) is 0 Å². The topological polar surface area (TPSA) is 0 Å². The minimum absolute atomic E-state index is 1.10. The molecule has 0 saturated heterocycles. The van der Waals surface area contributed by atoms with Crippen molar-refractivity contribution in [2.75, 3.05) is 0 Å². The fraction of sp³-hybridized carbons (Fsp3) is 0.333. The lowest BCUT2D eigenvalue weighted by Crippen LogP contribution is -1.90. The summed E-state index contributed by atoms with van der Waals surface area (Å²) in [7, 11) is 0.